The van der Waals surface area contributed by atoms with Crippen LogP contribution < -0.4 is 10.2 Å². The number of ether oxygens (including phenoxy) is 1. The van der Waals surface area contributed by atoms with Crippen LogP contribution in [0.1, 0.15) is 27.0 Å². The summed E-state index contributed by atoms with van der Waals surface area (Å²) in [6.07, 6.45) is 2.95. The average Bonchev–Trinajstić information content (AvgIpc) is 2.70. The van der Waals surface area contributed by atoms with Crippen molar-refractivity contribution >= 4 is 16.9 Å². The quantitative estimate of drug-likeness (QED) is 0.464. The SMILES string of the molecule is Cc1ccc(-c2oc3cc(C)cc(C)c3c(=O)c2OC(=O)c2cccnc2)cc1. The molecule has 144 valence electrons. The zero-order valence-electron chi connectivity index (χ0n) is 16.4. The Morgan fingerprint density at radius 3 is 2.45 bits per heavy atom. The summed E-state index contributed by atoms with van der Waals surface area (Å²) in [7, 11) is 0. The van der Waals surface area contributed by atoms with Gasteiger partial charge in [-0.05, 0) is 50.1 Å². The van der Waals surface area contributed by atoms with E-state index in [1.54, 1.807) is 18.3 Å². The summed E-state index contributed by atoms with van der Waals surface area (Å²) in [6.45, 7) is 5.75. The molecule has 0 aliphatic heterocycles. The van der Waals surface area contributed by atoms with Crippen LogP contribution in [0.2, 0.25) is 0 Å². The Kier molecular flexibility index (Phi) is 4.72. The highest BCUT2D eigenvalue weighted by Crippen LogP contribution is 2.33. The van der Waals surface area contributed by atoms with Crippen molar-refractivity contribution in [2.75, 3.05) is 0 Å². The summed E-state index contributed by atoms with van der Waals surface area (Å²) in [6, 6.07) is 14.4. The van der Waals surface area contributed by atoms with Gasteiger partial charge in [0.1, 0.15) is 5.58 Å². The lowest BCUT2D eigenvalue weighted by Gasteiger charge is -2.12. The number of aryl methyl sites for hydroxylation is 3. The van der Waals surface area contributed by atoms with Crippen molar-refractivity contribution < 1.29 is 13.9 Å². The predicted molar refractivity (Wildman–Crippen MR) is 111 cm³/mol. The number of esters is 1. The van der Waals surface area contributed by atoms with Gasteiger partial charge in [0.15, 0.2) is 5.76 Å². The Morgan fingerprint density at radius 2 is 1.76 bits per heavy atom. The van der Waals surface area contributed by atoms with Crippen LogP contribution in [0.15, 0.2) is 70.1 Å². The first kappa shape index (κ1) is 18.6. The Labute approximate surface area is 167 Å². The minimum Gasteiger partial charge on any atom is -0.452 e. The van der Waals surface area contributed by atoms with E-state index in [1.807, 2.05) is 57.2 Å². The van der Waals surface area contributed by atoms with Crippen LogP contribution in [0.5, 0.6) is 5.75 Å². The highest BCUT2D eigenvalue weighted by molar-refractivity contribution is 5.93. The number of rotatable bonds is 3. The van der Waals surface area contributed by atoms with Crippen molar-refractivity contribution in [3.8, 4) is 17.1 Å². The smallest absolute Gasteiger partial charge is 0.345 e. The van der Waals surface area contributed by atoms with Gasteiger partial charge >= 0.3 is 5.97 Å². The van der Waals surface area contributed by atoms with Gasteiger partial charge in [0.2, 0.25) is 11.2 Å². The second kappa shape index (κ2) is 7.36. The Hall–Kier alpha value is -3.73. The maximum atomic E-state index is 13.3. The summed E-state index contributed by atoms with van der Waals surface area (Å²) in [4.78, 5) is 29.9. The molecule has 4 aromatic rings. The largest absolute Gasteiger partial charge is 0.452 e. The van der Waals surface area contributed by atoms with Crippen molar-refractivity contribution in [3.05, 3.63) is 93.4 Å². The number of hydrogen-bond acceptors (Lipinski definition) is 5. The molecule has 0 aliphatic rings. The Bertz CT molecular complexity index is 1270. The third-order valence-electron chi connectivity index (χ3n) is 4.70. The molecule has 0 N–H and O–H groups in total. The maximum absolute atomic E-state index is 13.3. The van der Waals surface area contributed by atoms with Crippen LogP contribution in [0, 0.1) is 20.8 Å². The molecule has 0 atom stereocenters. The van der Waals surface area contributed by atoms with Crippen LogP contribution in [0.25, 0.3) is 22.3 Å². The first-order chi connectivity index (χ1) is 13.9. The number of benzene rings is 2. The molecule has 0 spiro atoms. The molecular formula is C24H19NO4. The number of carbonyl (C=O) groups is 1. The van der Waals surface area contributed by atoms with Crippen molar-refractivity contribution in [1.82, 2.24) is 4.98 Å². The van der Waals surface area contributed by atoms with Crippen LogP contribution in [0.3, 0.4) is 0 Å². The minimum atomic E-state index is -0.664. The van der Waals surface area contributed by atoms with E-state index in [0.29, 0.717) is 16.5 Å². The fourth-order valence-corrected chi connectivity index (χ4v) is 3.30. The second-order valence-electron chi connectivity index (χ2n) is 7.04. The third-order valence-corrected chi connectivity index (χ3v) is 4.70. The monoisotopic (exact) mass is 385 g/mol. The normalized spacial score (nSPS) is 10.9. The molecule has 0 saturated heterocycles. The molecule has 0 aliphatic carbocycles. The summed E-state index contributed by atoms with van der Waals surface area (Å²) >= 11 is 0. The molecule has 0 fully saturated rings. The van der Waals surface area contributed by atoms with E-state index in [0.717, 1.165) is 16.7 Å². The molecule has 0 amide bonds. The van der Waals surface area contributed by atoms with Gasteiger partial charge in [0.25, 0.3) is 0 Å². The number of hydrogen-bond donors (Lipinski definition) is 0. The first-order valence-electron chi connectivity index (χ1n) is 9.21. The molecule has 2 aromatic carbocycles. The number of aromatic nitrogens is 1. The van der Waals surface area contributed by atoms with Crippen LogP contribution >= 0.6 is 0 Å². The molecule has 5 heteroatoms. The summed E-state index contributed by atoms with van der Waals surface area (Å²) in [5.74, 6) is -0.560. The lowest BCUT2D eigenvalue weighted by atomic mass is 10.0. The molecule has 4 rings (SSSR count). The van der Waals surface area contributed by atoms with E-state index in [4.69, 9.17) is 9.15 Å². The van der Waals surface area contributed by atoms with E-state index >= 15 is 0 Å². The van der Waals surface area contributed by atoms with E-state index in [2.05, 4.69) is 4.98 Å². The van der Waals surface area contributed by atoms with Gasteiger partial charge in [0.05, 0.1) is 10.9 Å². The van der Waals surface area contributed by atoms with Gasteiger partial charge in [-0.3, -0.25) is 9.78 Å². The summed E-state index contributed by atoms with van der Waals surface area (Å²) < 4.78 is 11.7. The highest BCUT2D eigenvalue weighted by Gasteiger charge is 2.22. The summed E-state index contributed by atoms with van der Waals surface area (Å²) in [5.41, 5.74) is 3.81. The van der Waals surface area contributed by atoms with Gasteiger partial charge in [-0.15, -0.1) is 0 Å². The Morgan fingerprint density at radius 1 is 1.00 bits per heavy atom. The van der Waals surface area contributed by atoms with Gasteiger partial charge < -0.3 is 9.15 Å². The second-order valence-corrected chi connectivity index (χ2v) is 7.04. The molecule has 0 saturated carbocycles. The number of nitrogens with zero attached hydrogens (tertiary/aromatic N) is 1. The van der Waals surface area contributed by atoms with Crippen molar-refractivity contribution in [3.63, 3.8) is 0 Å². The lowest BCUT2D eigenvalue weighted by molar-refractivity contribution is 0.0731. The van der Waals surface area contributed by atoms with Crippen molar-refractivity contribution in [2.24, 2.45) is 0 Å². The maximum Gasteiger partial charge on any atom is 0.345 e. The molecule has 5 nitrogen and oxygen atoms in total. The molecule has 0 radical (unpaired) electrons. The molecular weight excluding hydrogens is 366 g/mol. The van der Waals surface area contributed by atoms with E-state index in [-0.39, 0.29) is 22.5 Å². The summed E-state index contributed by atoms with van der Waals surface area (Å²) in [5, 5.41) is 0.403. The molecule has 2 heterocycles. The zero-order chi connectivity index (χ0) is 20.5. The Balaban J connectivity index is 1.96. The van der Waals surface area contributed by atoms with Crippen LogP contribution in [0.4, 0.5) is 0 Å². The standard InChI is InChI=1S/C24H19NO4/c1-14-6-8-17(9-7-14)22-23(29-24(27)18-5-4-10-25-13-18)21(26)20-16(3)11-15(2)12-19(20)28-22/h4-13H,1-3H3. The fourth-order valence-electron chi connectivity index (χ4n) is 3.30. The first-order valence-corrected chi connectivity index (χ1v) is 9.21. The van der Waals surface area contributed by atoms with Gasteiger partial charge in [-0.1, -0.05) is 35.9 Å². The van der Waals surface area contributed by atoms with Crippen molar-refractivity contribution in [2.45, 2.75) is 20.8 Å². The van der Waals surface area contributed by atoms with Gasteiger partial charge in [0, 0.05) is 18.0 Å². The molecule has 29 heavy (non-hydrogen) atoms. The number of pyridine rings is 1. The topological polar surface area (TPSA) is 69.4 Å². The van der Waals surface area contributed by atoms with Crippen LogP contribution in [-0.2, 0) is 0 Å². The molecule has 2 aromatic heterocycles. The molecule has 0 bridgehead atoms. The average molecular weight is 385 g/mol. The lowest BCUT2D eigenvalue weighted by Crippen LogP contribution is -2.17. The number of carbonyl (C=O) groups excluding carboxylic acids is 1. The fraction of sp³-hybridized carbons (Fsp3) is 0.125. The van der Waals surface area contributed by atoms with Crippen LogP contribution in [-0.4, -0.2) is 11.0 Å². The molecule has 0 unspecified atom stereocenters. The van der Waals surface area contributed by atoms with Gasteiger partial charge in [-0.2, -0.15) is 0 Å². The van der Waals surface area contributed by atoms with E-state index in [1.165, 1.54) is 6.20 Å². The number of fused-ring (bicyclic) bond motifs is 1. The van der Waals surface area contributed by atoms with Gasteiger partial charge in [-0.25, -0.2) is 4.79 Å². The highest BCUT2D eigenvalue weighted by atomic mass is 16.5. The predicted octanol–water partition coefficient (Wildman–Crippen LogP) is 5.00. The van der Waals surface area contributed by atoms with E-state index < -0.39 is 5.97 Å². The third kappa shape index (κ3) is 3.55. The van der Waals surface area contributed by atoms with E-state index in [9.17, 15) is 9.59 Å². The zero-order valence-corrected chi connectivity index (χ0v) is 16.4. The minimum absolute atomic E-state index is 0.123. The van der Waals surface area contributed by atoms with Crippen molar-refractivity contribution in [1.29, 1.82) is 0 Å².